The molecule has 0 aliphatic rings. The van der Waals surface area contributed by atoms with Crippen LogP contribution in [0.3, 0.4) is 0 Å². The topological polar surface area (TPSA) is 92.4 Å². The minimum absolute atomic E-state index is 0.185. The Morgan fingerprint density at radius 3 is 2.35 bits per heavy atom. The van der Waals surface area contributed by atoms with E-state index in [2.05, 4.69) is 20.9 Å². The van der Waals surface area contributed by atoms with Crippen molar-refractivity contribution in [3.63, 3.8) is 0 Å². The SMILES string of the molecule is CC(C)=CCn1c(Br)nc(C(=O)O)c1C(=O)O. The summed E-state index contributed by atoms with van der Waals surface area (Å²) >= 11 is 3.05. The van der Waals surface area contributed by atoms with Gasteiger partial charge in [-0.05, 0) is 29.8 Å². The Balaban J connectivity index is 3.33. The first kappa shape index (κ1) is 13.4. The molecule has 7 heteroatoms. The van der Waals surface area contributed by atoms with Crippen molar-refractivity contribution >= 4 is 27.9 Å². The van der Waals surface area contributed by atoms with E-state index in [1.165, 1.54) is 4.57 Å². The fraction of sp³-hybridized carbons (Fsp3) is 0.300. The fourth-order valence-corrected chi connectivity index (χ4v) is 1.73. The van der Waals surface area contributed by atoms with Crippen LogP contribution >= 0.6 is 15.9 Å². The molecule has 0 aliphatic heterocycles. The number of carbonyl (C=O) groups is 2. The first-order valence-corrected chi connectivity index (χ1v) is 5.50. The molecular formula is C10H11BrN2O4. The molecule has 0 bridgehead atoms. The number of carboxylic acids is 2. The summed E-state index contributed by atoms with van der Waals surface area (Å²) < 4.78 is 1.48. The van der Waals surface area contributed by atoms with Gasteiger partial charge >= 0.3 is 11.9 Å². The third-order valence-electron chi connectivity index (χ3n) is 2.01. The molecule has 0 aromatic carbocycles. The van der Waals surface area contributed by atoms with E-state index in [-0.39, 0.29) is 17.0 Å². The van der Waals surface area contributed by atoms with E-state index in [0.717, 1.165) is 5.57 Å². The number of aromatic carboxylic acids is 2. The summed E-state index contributed by atoms with van der Waals surface area (Å²) in [6.07, 6.45) is 1.78. The van der Waals surface area contributed by atoms with Crippen LogP contribution in [0.4, 0.5) is 0 Å². The van der Waals surface area contributed by atoms with Gasteiger partial charge in [-0.1, -0.05) is 11.6 Å². The highest BCUT2D eigenvalue weighted by molar-refractivity contribution is 9.10. The molecule has 0 radical (unpaired) electrons. The number of nitrogens with zero attached hydrogens (tertiary/aromatic N) is 2. The maximum atomic E-state index is 11.0. The number of rotatable bonds is 4. The molecule has 0 saturated heterocycles. The van der Waals surface area contributed by atoms with Gasteiger partial charge in [0.25, 0.3) is 0 Å². The first-order chi connectivity index (χ1) is 7.84. The van der Waals surface area contributed by atoms with Gasteiger partial charge in [-0.2, -0.15) is 0 Å². The van der Waals surface area contributed by atoms with Gasteiger partial charge in [0.1, 0.15) is 0 Å². The summed E-state index contributed by atoms with van der Waals surface area (Å²) in [5.74, 6) is -2.68. The number of carboxylic acid groups (broad SMARTS) is 2. The summed E-state index contributed by atoms with van der Waals surface area (Å²) in [6, 6.07) is 0. The van der Waals surface area contributed by atoms with Crippen molar-refractivity contribution < 1.29 is 19.8 Å². The van der Waals surface area contributed by atoms with E-state index in [1.807, 2.05) is 13.8 Å². The highest BCUT2D eigenvalue weighted by Gasteiger charge is 2.25. The zero-order valence-corrected chi connectivity index (χ0v) is 10.9. The molecule has 92 valence electrons. The summed E-state index contributed by atoms with van der Waals surface area (Å²) in [5.41, 5.74) is 0.201. The van der Waals surface area contributed by atoms with Gasteiger partial charge in [-0.3, -0.25) is 0 Å². The van der Waals surface area contributed by atoms with E-state index in [0.29, 0.717) is 0 Å². The molecule has 1 heterocycles. The maximum Gasteiger partial charge on any atom is 0.357 e. The summed E-state index contributed by atoms with van der Waals surface area (Å²) in [4.78, 5) is 25.6. The van der Waals surface area contributed by atoms with Gasteiger partial charge in [0, 0.05) is 6.54 Å². The lowest BCUT2D eigenvalue weighted by Crippen LogP contribution is -2.13. The summed E-state index contributed by atoms with van der Waals surface area (Å²) in [7, 11) is 0. The predicted molar refractivity (Wildman–Crippen MR) is 63.3 cm³/mol. The van der Waals surface area contributed by atoms with Crippen LogP contribution in [0.1, 0.15) is 34.8 Å². The van der Waals surface area contributed by atoms with Gasteiger partial charge in [-0.25, -0.2) is 14.6 Å². The van der Waals surface area contributed by atoms with E-state index in [4.69, 9.17) is 10.2 Å². The average molecular weight is 303 g/mol. The highest BCUT2D eigenvalue weighted by Crippen LogP contribution is 2.18. The Labute approximate surface area is 106 Å². The Bertz CT molecular complexity index is 501. The quantitative estimate of drug-likeness (QED) is 0.830. The van der Waals surface area contributed by atoms with Crippen molar-refractivity contribution in [3.05, 3.63) is 27.8 Å². The van der Waals surface area contributed by atoms with Crippen molar-refractivity contribution in [1.82, 2.24) is 9.55 Å². The van der Waals surface area contributed by atoms with Crippen LogP contribution in [-0.4, -0.2) is 31.7 Å². The molecule has 0 unspecified atom stereocenters. The number of imidazole rings is 1. The number of hydrogen-bond acceptors (Lipinski definition) is 3. The minimum Gasteiger partial charge on any atom is -0.476 e. The van der Waals surface area contributed by atoms with Crippen molar-refractivity contribution in [3.8, 4) is 0 Å². The van der Waals surface area contributed by atoms with E-state index >= 15 is 0 Å². The standard InChI is InChI=1S/C10H11BrN2O4/c1-5(2)3-4-13-7(9(16)17)6(8(14)15)12-10(13)11/h3H,4H2,1-2H3,(H,14,15)(H,16,17). The number of hydrogen-bond donors (Lipinski definition) is 2. The molecule has 17 heavy (non-hydrogen) atoms. The van der Waals surface area contributed by atoms with Crippen LogP contribution in [0.15, 0.2) is 16.4 Å². The third-order valence-corrected chi connectivity index (χ3v) is 2.61. The van der Waals surface area contributed by atoms with Crippen molar-refractivity contribution in [1.29, 1.82) is 0 Å². The zero-order valence-electron chi connectivity index (χ0n) is 9.27. The molecule has 1 aromatic heterocycles. The molecule has 0 fully saturated rings. The lowest BCUT2D eigenvalue weighted by molar-refractivity contribution is 0.0641. The Morgan fingerprint density at radius 1 is 1.35 bits per heavy atom. The lowest BCUT2D eigenvalue weighted by Gasteiger charge is -2.03. The van der Waals surface area contributed by atoms with Crippen LogP contribution in [-0.2, 0) is 6.54 Å². The van der Waals surface area contributed by atoms with Crippen molar-refractivity contribution in [2.45, 2.75) is 20.4 Å². The van der Waals surface area contributed by atoms with Gasteiger partial charge in [-0.15, -0.1) is 0 Å². The summed E-state index contributed by atoms with van der Waals surface area (Å²) in [6.45, 7) is 3.98. The second-order valence-electron chi connectivity index (χ2n) is 3.58. The number of allylic oxidation sites excluding steroid dienone is 2. The molecule has 1 aromatic rings. The minimum atomic E-state index is -1.36. The molecule has 0 saturated carbocycles. The number of halogens is 1. The van der Waals surface area contributed by atoms with Gasteiger partial charge in [0.15, 0.2) is 16.1 Å². The molecule has 0 amide bonds. The van der Waals surface area contributed by atoms with Gasteiger partial charge in [0.05, 0.1) is 0 Å². The molecular weight excluding hydrogens is 292 g/mol. The smallest absolute Gasteiger partial charge is 0.357 e. The number of aromatic nitrogens is 2. The van der Waals surface area contributed by atoms with Crippen LogP contribution in [0, 0.1) is 0 Å². The Hall–Kier alpha value is -1.63. The average Bonchev–Trinajstić information content (AvgIpc) is 2.52. The second-order valence-corrected chi connectivity index (χ2v) is 4.29. The normalized spacial score (nSPS) is 10.1. The predicted octanol–water partition coefficient (Wildman–Crippen LogP) is 2.01. The van der Waals surface area contributed by atoms with Crippen LogP contribution in [0.5, 0.6) is 0 Å². The van der Waals surface area contributed by atoms with E-state index < -0.39 is 17.6 Å². The molecule has 0 spiro atoms. The zero-order chi connectivity index (χ0) is 13.2. The monoisotopic (exact) mass is 302 g/mol. The lowest BCUT2D eigenvalue weighted by atomic mass is 10.3. The van der Waals surface area contributed by atoms with E-state index in [1.54, 1.807) is 6.08 Å². The second kappa shape index (κ2) is 5.13. The third kappa shape index (κ3) is 2.94. The molecule has 6 nitrogen and oxygen atoms in total. The molecule has 2 N–H and O–H groups in total. The fourth-order valence-electron chi connectivity index (χ4n) is 1.23. The summed E-state index contributed by atoms with van der Waals surface area (Å²) in [5, 5.41) is 17.9. The Morgan fingerprint density at radius 2 is 1.94 bits per heavy atom. The molecule has 0 atom stereocenters. The van der Waals surface area contributed by atoms with E-state index in [9.17, 15) is 9.59 Å². The van der Waals surface area contributed by atoms with Gasteiger partial charge < -0.3 is 14.8 Å². The molecule has 1 rings (SSSR count). The van der Waals surface area contributed by atoms with Crippen LogP contribution < -0.4 is 0 Å². The molecule has 0 aliphatic carbocycles. The van der Waals surface area contributed by atoms with Crippen LogP contribution in [0.2, 0.25) is 0 Å². The highest BCUT2D eigenvalue weighted by atomic mass is 79.9. The van der Waals surface area contributed by atoms with Crippen LogP contribution in [0.25, 0.3) is 0 Å². The van der Waals surface area contributed by atoms with Crippen molar-refractivity contribution in [2.75, 3.05) is 0 Å². The Kier molecular flexibility index (Phi) is 4.06. The van der Waals surface area contributed by atoms with Gasteiger partial charge in [0.2, 0.25) is 0 Å². The largest absolute Gasteiger partial charge is 0.476 e. The maximum absolute atomic E-state index is 11.0. The van der Waals surface area contributed by atoms with Crippen molar-refractivity contribution in [2.24, 2.45) is 0 Å². The first-order valence-electron chi connectivity index (χ1n) is 4.70.